The first kappa shape index (κ1) is 20.1. The minimum Gasteiger partial charge on any atom is -0.348 e. The van der Waals surface area contributed by atoms with Gasteiger partial charge < -0.3 is 9.80 Å². The molecule has 1 aliphatic heterocycles. The van der Waals surface area contributed by atoms with E-state index in [0.29, 0.717) is 36.5 Å². The second kappa shape index (κ2) is 8.38. The van der Waals surface area contributed by atoms with Gasteiger partial charge in [0.2, 0.25) is 0 Å². The Morgan fingerprint density at radius 2 is 1.56 bits per heavy atom. The molecule has 5 rings (SSSR count). The van der Waals surface area contributed by atoms with Crippen molar-refractivity contribution in [2.45, 2.75) is 13.0 Å². The van der Waals surface area contributed by atoms with E-state index in [2.05, 4.69) is 22.0 Å². The van der Waals surface area contributed by atoms with E-state index in [-0.39, 0.29) is 17.8 Å². The third-order valence-corrected chi connectivity index (χ3v) is 6.00. The normalized spacial score (nSPS) is 16.4. The molecule has 1 atom stereocenters. The molecule has 3 aromatic carbocycles. The monoisotopic (exact) mass is 426 g/mol. The Morgan fingerprint density at radius 3 is 2.31 bits per heavy atom. The lowest BCUT2D eigenvalue weighted by atomic mass is 10.0. The van der Waals surface area contributed by atoms with Crippen molar-refractivity contribution in [3.63, 3.8) is 0 Å². The number of amides is 1. The number of fused-ring (bicyclic) bond motifs is 1. The molecule has 4 aromatic rings. The molecular weight excluding hydrogens is 403 g/mol. The number of rotatable bonds is 3. The molecule has 1 aliphatic rings. The molecule has 0 N–H and O–H groups in total. The van der Waals surface area contributed by atoms with Crippen molar-refractivity contribution < 1.29 is 9.18 Å². The fourth-order valence-electron chi connectivity index (χ4n) is 4.37. The molecule has 0 saturated carbocycles. The Hall–Kier alpha value is -3.80. The van der Waals surface area contributed by atoms with Gasteiger partial charge in [-0.3, -0.25) is 4.79 Å². The van der Waals surface area contributed by atoms with Crippen LogP contribution in [0, 0.1) is 5.82 Å². The molecule has 5 nitrogen and oxygen atoms in total. The first-order valence-electron chi connectivity index (χ1n) is 10.7. The summed E-state index contributed by atoms with van der Waals surface area (Å²) in [6.07, 6.45) is 0. The topological polar surface area (TPSA) is 49.3 Å². The van der Waals surface area contributed by atoms with E-state index in [1.54, 1.807) is 18.2 Å². The van der Waals surface area contributed by atoms with Gasteiger partial charge in [-0.1, -0.05) is 54.6 Å². The maximum absolute atomic E-state index is 14.5. The van der Waals surface area contributed by atoms with Crippen LogP contribution in [0.15, 0.2) is 78.9 Å². The summed E-state index contributed by atoms with van der Waals surface area (Å²) in [6.45, 7) is 3.94. The number of aromatic nitrogens is 2. The van der Waals surface area contributed by atoms with Gasteiger partial charge in [0, 0.05) is 47.6 Å². The van der Waals surface area contributed by atoms with Gasteiger partial charge in [-0.25, -0.2) is 4.39 Å². The van der Waals surface area contributed by atoms with Crippen molar-refractivity contribution in [3.8, 4) is 11.3 Å². The summed E-state index contributed by atoms with van der Waals surface area (Å²) in [5, 5.41) is 10.8. The lowest BCUT2D eigenvalue weighted by Gasteiger charge is -2.40. The highest BCUT2D eigenvalue weighted by atomic mass is 19.1. The van der Waals surface area contributed by atoms with Crippen LogP contribution in [0.5, 0.6) is 0 Å². The minimum atomic E-state index is -0.318. The van der Waals surface area contributed by atoms with E-state index in [4.69, 9.17) is 0 Å². The predicted molar refractivity (Wildman–Crippen MR) is 124 cm³/mol. The summed E-state index contributed by atoms with van der Waals surface area (Å²) in [6, 6.07) is 23.9. The maximum atomic E-state index is 14.5. The minimum absolute atomic E-state index is 0.0444. The first-order valence-corrected chi connectivity index (χ1v) is 10.7. The number of hydrogen-bond donors (Lipinski definition) is 0. The summed E-state index contributed by atoms with van der Waals surface area (Å²) < 4.78 is 14.5. The number of benzene rings is 3. The second-order valence-corrected chi connectivity index (χ2v) is 8.06. The molecular formula is C26H23FN4O. The van der Waals surface area contributed by atoms with Gasteiger partial charge in [0.05, 0.1) is 0 Å². The molecule has 160 valence electrons. The molecule has 0 radical (unpaired) electrons. The lowest BCUT2D eigenvalue weighted by Crippen LogP contribution is -2.54. The highest BCUT2D eigenvalue weighted by Gasteiger charge is 2.29. The summed E-state index contributed by atoms with van der Waals surface area (Å²) in [5.41, 5.74) is 1.68. The first-order chi connectivity index (χ1) is 15.6. The van der Waals surface area contributed by atoms with Crippen LogP contribution in [0.4, 0.5) is 10.2 Å². The van der Waals surface area contributed by atoms with Crippen LogP contribution in [-0.2, 0) is 0 Å². The molecule has 0 bridgehead atoms. The summed E-state index contributed by atoms with van der Waals surface area (Å²) in [7, 11) is 0. The van der Waals surface area contributed by atoms with E-state index < -0.39 is 0 Å². The molecule has 1 saturated heterocycles. The molecule has 32 heavy (non-hydrogen) atoms. The van der Waals surface area contributed by atoms with E-state index in [9.17, 15) is 9.18 Å². The highest BCUT2D eigenvalue weighted by molar-refractivity contribution is 6.00. The van der Waals surface area contributed by atoms with Crippen molar-refractivity contribution in [3.05, 3.63) is 90.2 Å². The SMILES string of the molecule is CC1CN(C(=O)c2ccccc2)CCN1c1nnc(-c2ccccc2F)c2ccccc12. The van der Waals surface area contributed by atoms with E-state index in [1.807, 2.05) is 59.5 Å². The van der Waals surface area contributed by atoms with Crippen LogP contribution in [0.3, 0.4) is 0 Å². The Kier molecular flexibility index (Phi) is 5.27. The lowest BCUT2D eigenvalue weighted by molar-refractivity contribution is 0.0726. The van der Waals surface area contributed by atoms with Crippen LogP contribution in [0.2, 0.25) is 0 Å². The Labute approximate surface area is 186 Å². The molecule has 1 fully saturated rings. The smallest absolute Gasteiger partial charge is 0.253 e. The maximum Gasteiger partial charge on any atom is 0.253 e. The molecule has 1 unspecified atom stereocenters. The number of carbonyl (C=O) groups excluding carboxylic acids is 1. The molecule has 1 amide bonds. The number of halogens is 1. The van der Waals surface area contributed by atoms with Crippen LogP contribution in [0.1, 0.15) is 17.3 Å². The largest absolute Gasteiger partial charge is 0.348 e. The fraction of sp³-hybridized carbons (Fsp3) is 0.192. The van der Waals surface area contributed by atoms with Crippen molar-refractivity contribution in [1.82, 2.24) is 15.1 Å². The van der Waals surface area contributed by atoms with Gasteiger partial charge in [0.15, 0.2) is 5.82 Å². The quantitative estimate of drug-likeness (QED) is 0.473. The molecule has 2 heterocycles. The van der Waals surface area contributed by atoms with E-state index in [0.717, 1.165) is 16.6 Å². The van der Waals surface area contributed by atoms with Crippen molar-refractivity contribution >= 4 is 22.5 Å². The standard InChI is InChI=1S/C26H23FN4O/c1-18-17-30(26(32)19-9-3-2-4-10-19)15-16-31(18)25-21-12-6-5-11-20(21)24(28-29-25)22-13-7-8-14-23(22)27/h2-14,18H,15-17H2,1H3. The van der Waals surface area contributed by atoms with Gasteiger partial charge in [0.1, 0.15) is 11.5 Å². The summed E-state index contributed by atoms with van der Waals surface area (Å²) in [5.74, 6) is 0.490. The van der Waals surface area contributed by atoms with Gasteiger partial charge >= 0.3 is 0 Å². The zero-order chi connectivity index (χ0) is 22.1. The number of piperazine rings is 1. The zero-order valence-corrected chi connectivity index (χ0v) is 17.8. The average molecular weight is 426 g/mol. The van der Waals surface area contributed by atoms with Crippen molar-refractivity contribution in [2.24, 2.45) is 0 Å². The van der Waals surface area contributed by atoms with Crippen LogP contribution < -0.4 is 4.90 Å². The Balaban J connectivity index is 1.47. The zero-order valence-electron chi connectivity index (χ0n) is 17.8. The number of hydrogen-bond acceptors (Lipinski definition) is 4. The van der Waals surface area contributed by atoms with Crippen LogP contribution in [0.25, 0.3) is 22.0 Å². The van der Waals surface area contributed by atoms with Crippen LogP contribution in [-0.4, -0.2) is 46.7 Å². The summed E-state index contributed by atoms with van der Waals surface area (Å²) >= 11 is 0. The summed E-state index contributed by atoms with van der Waals surface area (Å²) in [4.78, 5) is 17.0. The molecule has 6 heteroatoms. The Morgan fingerprint density at radius 1 is 0.875 bits per heavy atom. The van der Waals surface area contributed by atoms with Gasteiger partial charge in [-0.2, -0.15) is 0 Å². The third-order valence-electron chi connectivity index (χ3n) is 6.00. The molecule has 0 aliphatic carbocycles. The third kappa shape index (κ3) is 3.58. The number of carbonyl (C=O) groups is 1. The fourth-order valence-corrected chi connectivity index (χ4v) is 4.37. The second-order valence-electron chi connectivity index (χ2n) is 8.06. The van der Waals surface area contributed by atoms with E-state index >= 15 is 0 Å². The van der Waals surface area contributed by atoms with Gasteiger partial charge in [-0.15, -0.1) is 10.2 Å². The van der Waals surface area contributed by atoms with Gasteiger partial charge in [0.25, 0.3) is 5.91 Å². The van der Waals surface area contributed by atoms with Crippen molar-refractivity contribution in [2.75, 3.05) is 24.5 Å². The number of nitrogens with zero attached hydrogens (tertiary/aromatic N) is 4. The van der Waals surface area contributed by atoms with E-state index in [1.165, 1.54) is 6.07 Å². The predicted octanol–water partition coefficient (Wildman–Crippen LogP) is 4.79. The van der Waals surface area contributed by atoms with Gasteiger partial charge in [-0.05, 0) is 31.2 Å². The van der Waals surface area contributed by atoms with Crippen molar-refractivity contribution in [1.29, 1.82) is 0 Å². The highest BCUT2D eigenvalue weighted by Crippen LogP contribution is 2.33. The Bertz CT molecular complexity index is 1280. The molecule has 1 aromatic heterocycles. The van der Waals surface area contributed by atoms with Crippen LogP contribution >= 0.6 is 0 Å². The average Bonchev–Trinajstić information content (AvgIpc) is 2.84. The number of anilines is 1. The molecule has 0 spiro atoms.